The Morgan fingerprint density at radius 2 is 1.88 bits per heavy atom. The molecule has 0 unspecified atom stereocenters. The minimum absolute atomic E-state index is 0.131. The summed E-state index contributed by atoms with van der Waals surface area (Å²) in [6.45, 7) is 2.33. The van der Waals surface area contributed by atoms with E-state index in [4.69, 9.17) is 16.3 Å². The average molecular weight is 446 g/mol. The van der Waals surface area contributed by atoms with Crippen LogP contribution in [-0.4, -0.2) is 31.3 Å². The van der Waals surface area contributed by atoms with E-state index in [2.05, 4.69) is 15.1 Å². The van der Waals surface area contributed by atoms with Crippen molar-refractivity contribution in [2.24, 2.45) is 0 Å². The zero-order valence-electron chi connectivity index (χ0n) is 17.6. The van der Waals surface area contributed by atoms with Gasteiger partial charge in [0, 0.05) is 23.3 Å². The number of rotatable bonds is 5. The van der Waals surface area contributed by atoms with Crippen molar-refractivity contribution in [2.75, 3.05) is 7.11 Å². The minimum atomic E-state index is -0.131. The summed E-state index contributed by atoms with van der Waals surface area (Å²) in [4.78, 5) is 22.6. The number of aryl methyl sites for hydroxylation is 3. The Hall–Kier alpha value is -3.71. The maximum Gasteiger partial charge on any atom is 0.262 e. The average Bonchev–Trinajstić information content (AvgIpc) is 3.17. The normalized spacial score (nSPS) is 11.3. The molecule has 0 aliphatic heterocycles. The predicted octanol–water partition coefficient (Wildman–Crippen LogP) is 4.32. The van der Waals surface area contributed by atoms with Gasteiger partial charge in [-0.15, -0.1) is 5.10 Å². The molecule has 5 rings (SSSR count). The third-order valence-electron chi connectivity index (χ3n) is 5.41. The van der Waals surface area contributed by atoms with E-state index in [1.807, 2.05) is 48.5 Å². The molecular weight excluding hydrogens is 426 g/mol. The van der Waals surface area contributed by atoms with Crippen molar-refractivity contribution in [3.05, 3.63) is 87.6 Å². The number of aromatic nitrogens is 5. The van der Waals surface area contributed by atoms with E-state index in [0.29, 0.717) is 46.2 Å². The Labute approximate surface area is 188 Å². The van der Waals surface area contributed by atoms with Gasteiger partial charge >= 0.3 is 0 Å². The van der Waals surface area contributed by atoms with Crippen LogP contribution in [-0.2, 0) is 13.0 Å². The first-order valence-electron chi connectivity index (χ1n) is 10.2. The summed E-state index contributed by atoms with van der Waals surface area (Å²) < 4.78 is 8.54. The first kappa shape index (κ1) is 20.2. The molecule has 0 bridgehead atoms. The zero-order valence-corrected chi connectivity index (χ0v) is 18.4. The van der Waals surface area contributed by atoms with Crippen LogP contribution in [0, 0.1) is 6.92 Å². The topological polar surface area (TPSA) is 74.3 Å². The van der Waals surface area contributed by atoms with Crippen LogP contribution in [0.4, 0.5) is 0 Å². The lowest BCUT2D eigenvalue weighted by Gasteiger charge is -2.12. The molecule has 0 radical (unpaired) electrons. The van der Waals surface area contributed by atoms with E-state index < -0.39 is 0 Å². The molecule has 0 spiro atoms. The molecule has 7 nitrogen and oxygen atoms in total. The molecule has 3 aromatic heterocycles. The lowest BCUT2D eigenvalue weighted by atomic mass is 10.1. The van der Waals surface area contributed by atoms with Crippen LogP contribution in [0.5, 0.6) is 5.75 Å². The van der Waals surface area contributed by atoms with Crippen LogP contribution < -0.4 is 10.3 Å². The highest BCUT2D eigenvalue weighted by Gasteiger charge is 2.18. The molecule has 0 amide bonds. The first-order chi connectivity index (χ1) is 15.5. The van der Waals surface area contributed by atoms with Crippen LogP contribution in [0.3, 0.4) is 0 Å². The maximum atomic E-state index is 13.6. The van der Waals surface area contributed by atoms with Crippen molar-refractivity contribution in [2.45, 2.75) is 19.9 Å². The molecule has 0 atom stereocenters. The summed E-state index contributed by atoms with van der Waals surface area (Å²) in [6, 6.07) is 17.1. The van der Waals surface area contributed by atoms with Crippen LogP contribution in [0.2, 0.25) is 5.02 Å². The fraction of sp³-hybridized carbons (Fsp3) is 0.167. The molecule has 32 heavy (non-hydrogen) atoms. The summed E-state index contributed by atoms with van der Waals surface area (Å²) in [5, 5.41) is 5.55. The summed E-state index contributed by atoms with van der Waals surface area (Å²) in [5.74, 6) is 1.83. The Balaban J connectivity index is 1.66. The molecule has 0 aliphatic carbocycles. The molecule has 3 heterocycles. The van der Waals surface area contributed by atoms with E-state index >= 15 is 0 Å². The van der Waals surface area contributed by atoms with Crippen molar-refractivity contribution in [1.29, 1.82) is 0 Å². The van der Waals surface area contributed by atoms with E-state index in [1.165, 1.54) is 0 Å². The first-order valence-corrected chi connectivity index (χ1v) is 10.6. The molecule has 0 saturated carbocycles. The summed E-state index contributed by atoms with van der Waals surface area (Å²) >= 11 is 6.26. The second kappa shape index (κ2) is 8.09. The smallest absolute Gasteiger partial charge is 0.262 e. The molecule has 160 valence electrons. The molecule has 2 aromatic carbocycles. The van der Waals surface area contributed by atoms with Gasteiger partial charge in [0.1, 0.15) is 11.6 Å². The van der Waals surface area contributed by atoms with Gasteiger partial charge in [0.2, 0.25) is 0 Å². The molecule has 0 saturated heterocycles. The summed E-state index contributed by atoms with van der Waals surface area (Å²) in [7, 11) is 1.64. The van der Waals surface area contributed by atoms with Crippen LogP contribution in [0.1, 0.15) is 11.4 Å². The van der Waals surface area contributed by atoms with Gasteiger partial charge in [0.15, 0.2) is 0 Å². The summed E-state index contributed by atoms with van der Waals surface area (Å²) in [6.07, 6.45) is 2.49. The Bertz CT molecular complexity index is 1510. The second-order valence-electron chi connectivity index (χ2n) is 7.51. The highest BCUT2D eigenvalue weighted by Crippen LogP contribution is 2.28. The third-order valence-corrected chi connectivity index (χ3v) is 5.64. The molecule has 0 fully saturated rings. The number of hydrogen-bond acceptors (Lipinski definition) is 5. The van der Waals surface area contributed by atoms with Crippen LogP contribution in [0.15, 0.2) is 65.6 Å². The quantitative estimate of drug-likeness (QED) is 0.403. The summed E-state index contributed by atoms with van der Waals surface area (Å²) in [5.41, 5.74) is 2.98. The van der Waals surface area contributed by atoms with E-state index in [1.54, 1.807) is 35.4 Å². The number of methoxy groups -OCH3 is 1. The number of benzene rings is 2. The molecule has 8 heteroatoms. The number of nitrogens with zero attached hydrogens (tertiary/aromatic N) is 5. The van der Waals surface area contributed by atoms with Crippen molar-refractivity contribution in [1.82, 2.24) is 24.1 Å². The SMILES string of the molecule is COc1ccc(CCn2ccc3nc4nc(C)nn4c(-c4cccc(Cl)c4)c3c2=O)cc1. The fourth-order valence-corrected chi connectivity index (χ4v) is 4.03. The molecule has 0 N–H and O–H groups in total. The van der Waals surface area contributed by atoms with Gasteiger partial charge in [0.05, 0.1) is 23.7 Å². The number of pyridine rings is 1. The zero-order chi connectivity index (χ0) is 22.2. The Morgan fingerprint density at radius 3 is 2.62 bits per heavy atom. The molecule has 5 aromatic rings. The van der Waals surface area contributed by atoms with E-state index in [-0.39, 0.29) is 5.56 Å². The largest absolute Gasteiger partial charge is 0.497 e. The van der Waals surface area contributed by atoms with Gasteiger partial charge in [-0.3, -0.25) is 4.79 Å². The monoisotopic (exact) mass is 445 g/mol. The minimum Gasteiger partial charge on any atom is -0.497 e. The Morgan fingerprint density at radius 1 is 1.06 bits per heavy atom. The maximum absolute atomic E-state index is 13.6. The van der Waals surface area contributed by atoms with Crippen molar-refractivity contribution in [3.8, 4) is 17.0 Å². The van der Waals surface area contributed by atoms with Gasteiger partial charge in [-0.25, -0.2) is 4.98 Å². The van der Waals surface area contributed by atoms with Gasteiger partial charge in [-0.2, -0.15) is 9.50 Å². The number of fused-ring (bicyclic) bond motifs is 2. The van der Waals surface area contributed by atoms with E-state index in [0.717, 1.165) is 16.9 Å². The highest BCUT2D eigenvalue weighted by molar-refractivity contribution is 6.30. The second-order valence-corrected chi connectivity index (χ2v) is 7.95. The Kier molecular flexibility index (Phi) is 5.11. The van der Waals surface area contributed by atoms with Crippen LogP contribution in [0.25, 0.3) is 27.9 Å². The van der Waals surface area contributed by atoms with Crippen molar-refractivity contribution in [3.63, 3.8) is 0 Å². The molecule has 0 aliphatic rings. The van der Waals surface area contributed by atoms with Gasteiger partial charge in [-0.05, 0) is 49.2 Å². The fourth-order valence-electron chi connectivity index (χ4n) is 3.84. The number of hydrogen-bond donors (Lipinski definition) is 0. The lowest BCUT2D eigenvalue weighted by Crippen LogP contribution is -2.22. The number of halogens is 1. The number of ether oxygens (including phenoxy) is 1. The van der Waals surface area contributed by atoms with Crippen molar-refractivity contribution >= 4 is 28.3 Å². The third kappa shape index (κ3) is 3.61. The van der Waals surface area contributed by atoms with Crippen molar-refractivity contribution < 1.29 is 4.74 Å². The van der Waals surface area contributed by atoms with Gasteiger partial charge in [-0.1, -0.05) is 35.9 Å². The molecular formula is C24H20ClN5O2. The van der Waals surface area contributed by atoms with Gasteiger partial charge in [0.25, 0.3) is 11.3 Å². The van der Waals surface area contributed by atoms with Gasteiger partial charge < -0.3 is 9.30 Å². The predicted molar refractivity (Wildman–Crippen MR) is 124 cm³/mol. The van der Waals surface area contributed by atoms with Crippen LogP contribution >= 0.6 is 11.6 Å². The highest BCUT2D eigenvalue weighted by atomic mass is 35.5. The standard InChI is InChI=1S/C24H20ClN5O2/c1-15-26-24-27-20-11-13-29(12-10-16-6-8-19(32-2)9-7-16)23(31)21(20)22(30(24)28-15)17-4-3-5-18(25)14-17/h3-9,11,13-14H,10,12H2,1-2H3. The lowest BCUT2D eigenvalue weighted by molar-refractivity contribution is 0.414. The van der Waals surface area contributed by atoms with E-state index in [9.17, 15) is 4.79 Å².